The van der Waals surface area contributed by atoms with Crippen LogP contribution in [0.1, 0.15) is 19.3 Å². The number of sulfonamides is 1. The van der Waals surface area contributed by atoms with Crippen molar-refractivity contribution >= 4 is 50.8 Å². The molecule has 178 valence electrons. The number of nitrogens with zero attached hydrogens (tertiary/aromatic N) is 3. The topological polar surface area (TPSA) is 98.2 Å². The van der Waals surface area contributed by atoms with Gasteiger partial charge in [-0.2, -0.15) is 4.31 Å². The lowest BCUT2D eigenvalue weighted by atomic mass is 10.2. The van der Waals surface area contributed by atoms with Gasteiger partial charge in [-0.25, -0.2) is 8.42 Å². The predicted octanol–water partition coefficient (Wildman–Crippen LogP) is 3.50. The van der Waals surface area contributed by atoms with Crippen molar-refractivity contribution < 1.29 is 23.1 Å². The van der Waals surface area contributed by atoms with E-state index in [1.165, 1.54) is 27.6 Å². The summed E-state index contributed by atoms with van der Waals surface area (Å²) in [4.78, 5) is 26.5. The molecule has 1 saturated heterocycles. The molecule has 0 saturated carbocycles. The summed E-state index contributed by atoms with van der Waals surface area (Å²) in [6.07, 6.45) is 7.80. The first-order chi connectivity index (χ1) is 15.7. The van der Waals surface area contributed by atoms with Crippen LogP contribution in [0.3, 0.4) is 0 Å². The van der Waals surface area contributed by atoms with Gasteiger partial charge in [0.25, 0.3) is 0 Å². The van der Waals surface area contributed by atoms with Crippen LogP contribution in [0.25, 0.3) is 0 Å². The fourth-order valence-corrected chi connectivity index (χ4v) is 5.56. The molecule has 2 heterocycles. The zero-order chi connectivity index (χ0) is 24.0. The molecule has 11 heteroatoms. The third-order valence-electron chi connectivity index (χ3n) is 5.31. The molecule has 2 aliphatic heterocycles. The van der Waals surface area contributed by atoms with Crippen LogP contribution in [-0.2, 0) is 19.6 Å². The minimum absolute atomic E-state index is 0.111. The smallest absolute Gasteiger partial charge is 0.303 e. The summed E-state index contributed by atoms with van der Waals surface area (Å²) in [6, 6.07) is 5.25. The number of rotatable bonds is 6. The number of carbonyl (C=O) groups excluding carboxylic acids is 1. The van der Waals surface area contributed by atoms with Gasteiger partial charge in [-0.1, -0.05) is 29.3 Å². The molecule has 0 aromatic heterocycles. The highest BCUT2D eigenvalue weighted by Gasteiger charge is 2.29. The first-order valence-electron chi connectivity index (χ1n) is 10.4. The molecule has 1 N–H and O–H groups in total. The number of carboxylic acids is 1. The number of piperazine rings is 1. The number of hydrogen-bond acceptors (Lipinski definition) is 5. The van der Waals surface area contributed by atoms with E-state index in [-0.39, 0.29) is 23.7 Å². The minimum atomic E-state index is -3.73. The quantitative estimate of drug-likeness (QED) is 0.624. The number of aliphatic carboxylic acids is 1. The Morgan fingerprint density at radius 2 is 1.64 bits per heavy atom. The number of anilines is 1. The van der Waals surface area contributed by atoms with Crippen molar-refractivity contribution in [2.75, 3.05) is 37.6 Å². The molecule has 0 unspecified atom stereocenters. The lowest BCUT2D eigenvalue weighted by molar-refractivity contribution is -0.140. The second-order valence-corrected chi connectivity index (χ2v) is 10.4. The third kappa shape index (κ3) is 6.83. The Kier molecular flexibility index (Phi) is 8.58. The molecule has 0 bridgehead atoms. The van der Waals surface area contributed by atoms with E-state index >= 15 is 0 Å². The van der Waals surface area contributed by atoms with Gasteiger partial charge in [0.05, 0.1) is 11.3 Å². The summed E-state index contributed by atoms with van der Waals surface area (Å²) >= 11 is 12.2. The van der Waals surface area contributed by atoms with Crippen LogP contribution in [0.2, 0.25) is 10.0 Å². The van der Waals surface area contributed by atoms with Gasteiger partial charge in [0.15, 0.2) is 0 Å². The van der Waals surface area contributed by atoms with E-state index in [1.54, 1.807) is 30.4 Å². The molecular formula is C22H25Cl2N3O5S. The van der Waals surface area contributed by atoms with E-state index in [1.807, 2.05) is 4.90 Å². The molecule has 0 atom stereocenters. The average Bonchev–Trinajstić information content (AvgIpc) is 2.89. The summed E-state index contributed by atoms with van der Waals surface area (Å²) in [5, 5.41) is 9.81. The summed E-state index contributed by atoms with van der Waals surface area (Å²) in [7, 11) is -3.73. The van der Waals surface area contributed by atoms with Crippen molar-refractivity contribution in [1.82, 2.24) is 9.21 Å². The highest BCUT2D eigenvalue weighted by molar-refractivity contribution is 7.93. The van der Waals surface area contributed by atoms with E-state index in [0.29, 0.717) is 49.2 Å². The van der Waals surface area contributed by atoms with Crippen LogP contribution < -0.4 is 4.90 Å². The molecule has 33 heavy (non-hydrogen) atoms. The second kappa shape index (κ2) is 11.2. The van der Waals surface area contributed by atoms with E-state index in [2.05, 4.69) is 0 Å². The lowest BCUT2D eigenvalue weighted by Gasteiger charge is -2.35. The maximum atomic E-state index is 13.2. The van der Waals surface area contributed by atoms with Crippen molar-refractivity contribution in [3.8, 4) is 0 Å². The van der Waals surface area contributed by atoms with Crippen LogP contribution in [0, 0.1) is 0 Å². The van der Waals surface area contributed by atoms with E-state index < -0.39 is 16.0 Å². The van der Waals surface area contributed by atoms with E-state index in [9.17, 15) is 18.0 Å². The largest absolute Gasteiger partial charge is 0.481 e. The Morgan fingerprint density at radius 1 is 0.970 bits per heavy atom. The number of hydrogen-bond donors (Lipinski definition) is 1. The summed E-state index contributed by atoms with van der Waals surface area (Å²) in [5.41, 5.74) is 0.849. The van der Waals surface area contributed by atoms with Crippen molar-refractivity contribution in [2.24, 2.45) is 0 Å². The first-order valence-corrected chi connectivity index (χ1v) is 12.6. The van der Waals surface area contributed by atoms with Gasteiger partial charge in [-0.3, -0.25) is 9.59 Å². The van der Waals surface area contributed by atoms with Gasteiger partial charge in [0.1, 0.15) is 0 Å². The molecule has 1 aromatic rings. The maximum absolute atomic E-state index is 13.2. The fraction of sp³-hybridized carbons (Fsp3) is 0.364. The predicted molar refractivity (Wildman–Crippen MR) is 129 cm³/mol. The van der Waals surface area contributed by atoms with Gasteiger partial charge in [-0.15, -0.1) is 0 Å². The van der Waals surface area contributed by atoms with Gasteiger partial charge in [-0.05, 0) is 42.8 Å². The number of allylic oxidation sites excluding steroid dienone is 3. The molecule has 8 nitrogen and oxygen atoms in total. The number of carbonyl (C=O) groups is 2. The molecule has 1 amide bonds. The molecule has 2 aliphatic rings. The lowest BCUT2D eigenvalue weighted by Crippen LogP contribution is -2.48. The zero-order valence-electron chi connectivity index (χ0n) is 17.9. The Balaban J connectivity index is 1.68. The molecule has 1 aromatic carbocycles. The first kappa shape index (κ1) is 25.3. The molecule has 1 fully saturated rings. The van der Waals surface area contributed by atoms with Crippen LogP contribution in [0.5, 0.6) is 0 Å². The third-order valence-corrected chi connectivity index (χ3v) is 7.66. The summed E-state index contributed by atoms with van der Waals surface area (Å²) in [6.45, 7) is 1.94. The number of benzene rings is 1. The Bertz CT molecular complexity index is 1070. The Labute approximate surface area is 203 Å². The molecule has 0 radical (unpaired) electrons. The zero-order valence-corrected chi connectivity index (χ0v) is 20.2. The highest BCUT2D eigenvalue weighted by Crippen LogP contribution is 2.27. The summed E-state index contributed by atoms with van der Waals surface area (Å²) in [5.74, 6) is -1.36. The van der Waals surface area contributed by atoms with Gasteiger partial charge in [0.2, 0.25) is 15.9 Å². The fourth-order valence-electron chi connectivity index (χ4n) is 3.58. The van der Waals surface area contributed by atoms with Crippen molar-refractivity contribution in [1.29, 1.82) is 0 Å². The maximum Gasteiger partial charge on any atom is 0.303 e. The van der Waals surface area contributed by atoms with Crippen molar-refractivity contribution in [3.63, 3.8) is 0 Å². The summed E-state index contributed by atoms with van der Waals surface area (Å²) < 4.78 is 27.9. The van der Waals surface area contributed by atoms with Gasteiger partial charge >= 0.3 is 5.97 Å². The van der Waals surface area contributed by atoms with Crippen molar-refractivity contribution in [2.45, 2.75) is 19.3 Å². The molecule has 3 rings (SSSR count). The number of carboxylic acid groups (broad SMARTS) is 1. The highest BCUT2D eigenvalue weighted by atomic mass is 35.5. The molecular weight excluding hydrogens is 489 g/mol. The van der Waals surface area contributed by atoms with Crippen molar-refractivity contribution in [3.05, 3.63) is 63.7 Å². The van der Waals surface area contributed by atoms with Gasteiger partial charge in [0, 0.05) is 61.1 Å². The Morgan fingerprint density at radius 3 is 2.27 bits per heavy atom. The van der Waals surface area contributed by atoms with Crippen LogP contribution in [-0.4, -0.2) is 67.3 Å². The average molecular weight is 514 g/mol. The monoisotopic (exact) mass is 513 g/mol. The molecule has 0 spiro atoms. The van der Waals surface area contributed by atoms with Crippen LogP contribution in [0.15, 0.2) is 53.6 Å². The SMILES string of the molecule is O=C(O)CCC(=O)N1/C=C/C=C(S(=O)(=O)N2CCN(c3cc(Cl)cc(Cl)c3)CC2)\C=C\CC1. The van der Waals surface area contributed by atoms with Gasteiger partial charge < -0.3 is 14.9 Å². The van der Waals surface area contributed by atoms with Crippen LogP contribution >= 0.6 is 23.2 Å². The number of halogens is 2. The molecule has 0 aliphatic carbocycles. The normalized spacial score (nSPS) is 21.3. The Hall–Kier alpha value is -2.33. The number of amides is 1. The van der Waals surface area contributed by atoms with E-state index in [4.69, 9.17) is 28.3 Å². The standard InChI is InChI=1S/C22H25Cl2N3O5S/c23-17-14-18(24)16-19(15-17)25-10-12-27(13-11-25)33(31,32)20-4-1-2-8-26(9-3-5-20)21(28)6-7-22(29)30/h1,3-5,9,14-16H,2,6-8,10-13H2,(H,29,30)/b4-1+,9-3+,20-5+. The minimum Gasteiger partial charge on any atom is -0.481 e. The van der Waals surface area contributed by atoms with Crippen LogP contribution in [0.4, 0.5) is 5.69 Å². The second-order valence-electron chi connectivity index (χ2n) is 7.60. The van der Waals surface area contributed by atoms with E-state index in [0.717, 1.165) is 5.69 Å².